The van der Waals surface area contributed by atoms with Crippen LogP contribution in [0.4, 0.5) is 5.13 Å². The molecule has 0 fully saturated rings. The number of aromatic nitrogens is 1. The number of anilines is 1. The van der Waals surface area contributed by atoms with Gasteiger partial charge >= 0.3 is 0 Å². The molecular formula is C31H24N2O2S. The number of thiazole rings is 1. The molecule has 0 saturated carbocycles. The quantitative estimate of drug-likeness (QED) is 0.280. The summed E-state index contributed by atoms with van der Waals surface area (Å²) in [5.74, 6) is 0.487. The van der Waals surface area contributed by atoms with E-state index in [2.05, 4.69) is 60.8 Å². The second-order valence-electron chi connectivity index (χ2n) is 10.0. The van der Waals surface area contributed by atoms with E-state index >= 15 is 0 Å². The summed E-state index contributed by atoms with van der Waals surface area (Å²) in [6.07, 6.45) is 0.776. The first-order valence-electron chi connectivity index (χ1n) is 12.2. The molecule has 4 aromatic carbocycles. The number of aromatic hydroxyl groups is 1. The third-order valence-corrected chi connectivity index (χ3v) is 8.81. The Morgan fingerprint density at radius 2 is 1.50 bits per heavy atom. The van der Waals surface area contributed by atoms with Gasteiger partial charge in [0.25, 0.3) is 0 Å². The maximum Gasteiger partial charge on any atom is 0.233 e. The van der Waals surface area contributed by atoms with Crippen molar-refractivity contribution in [2.75, 3.05) is 5.32 Å². The molecule has 0 aliphatic heterocycles. The van der Waals surface area contributed by atoms with Crippen LogP contribution in [-0.4, -0.2) is 16.0 Å². The second-order valence-corrected chi connectivity index (χ2v) is 10.9. The number of amides is 1. The Morgan fingerprint density at radius 1 is 0.889 bits per heavy atom. The lowest BCUT2D eigenvalue weighted by atomic mass is 9.52. The topological polar surface area (TPSA) is 62.2 Å². The number of hydrogen-bond acceptors (Lipinski definition) is 4. The lowest BCUT2D eigenvalue weighted by Gasteiger charge is -2.50. The van der Waals surface area contributed by atoms with E-state index in [4.69, 9.17) is 4.98 Å². The van der Waals surface area contributed by atoms with Crippen LogP contribution in [-0.2, 0) is 4.79 Å². The first-order valence-corrected chi connectivity index (χ1v) is 13.1. The molecule has 1 heterocycles. The van der Waals surface area contributed by atoms with Crippen molar-refractivity contribution in [3.05, 3.63) is 113 Å². The molecule has 5 aromatic rings. The molecule has 176 valence electrons. The third kappa shape index (κ3) is 2.99. The Kier molecular flexibility index (Phi) is 4.60. The Balaban J connectivity index is 1.24. The van der Waals surface area contributed by atoms with Crippen molar-refractivity contribution in [2.24, 2.45) is 5.41 Å². The lowest BCUT2D eigenvalue weighted by molar-refractivity contribution is -0.126. The largest absolute Gasteiger partial charge is 0.507 e. The molecule has 2 N–H and O–H groups in total. The third-order valence-electron chi connectivity index (χ3n) is 8.05. The van der Waals surface area contributed by atoms with E-state index < -0.39 is 5.41 Å². The highest BCUT2D eigenvalue weighted by Gasteiger charge is 2.53. The minimum atomic E-state index is -0.579. The van der Waals surface area contributed by atoms with E-state index in [-0.39, 0.29) is 23.5 Å². The number of carbonyl (C=O) groups is 1. The van der Waals surface area contributed by atoms with Crippen molar-refractivity contribution >= 4 is 33.1 Å². The summed E-state index contributed by atoms with van der Waals surface area (Å²) in [5, 5.41) is 17.7. The van der Waals surface area contributed by atoms with Crippen LogP contribution in [0.1, 0.15) is 47.4 Å². The number of phenols is 1. The number of carbonyl (C=O) groups excluding carboxylic acids is 1. The molecule has 4 nitrogen and oxygen atoms in total. The van der Waals surface area contributed by atoms with E-state index in [1.807, 2.05) is 35.7 Å². The Morgan fingerprint density at radius 3 is 2.19 bits per heavy atom. The Labute approximate surface area is 213 Å². The van der Waals surface area contributed by atoms with Crippen LogP contribution in [0.15, 0.2) is 90.3 Å². The van der Waals surface area contributed by atoms with E-state index in [9.17, 15) is 9.90 Å². The molecule has 1 amide bonds. The van der Waals surface area contributed by atoms with Crippen LogP contribution in [0.3, 0.4) is 0 Å². The van der Waals surface area contributed by atoms with Crippen LogP contribution in [0, 0.1) is 5.41 Å². The average molecular weight is 489 g/mol. The molecule has 3 aliphatic carbocycles. The fourth-order valence-electron chi connectivity index (χ4n) is 6.39. The summed E-state index contributed by atoms with van der Waals surface area (Å²) in [6, 6.07) is 28.5. The van der Waals surface area contributed by atoms with Gasteiger partial charge in [-0.25, -0.2) is 4.98 Å². The number of nitrogens with zero attached hydrogens (tertiary/aromatic N) is 1. The van der Waals surface area contributed by atoms with Gasteiger partial charge in [0.15, 0.2) is 5.13 Å². The van der Waals surface area contributed by atoms with Crippen LogP contribution < -0.4 is 5.32 Å². The standard InChI is InChI=1S/C31H24N2O2S/c1-31(16-25-19-9-3-6-12-23(19)28(31)24-13-7-4-10-20(24)25)29(35)33-30-32-26(17-36-30)21-14-15-27(34)22-11-5-2-8-18(21)22/h2-15,17,25,28,34H,16H2,1H3,(H,32,33,35). The zero-order valence-corrected chi connectivity index (χ0v) is 20.5. The van der Waals surface area contributed by atoms with Gasteiger partial charge in [-0.1, -0.05) is 72.8 Å². The van der Waals surface area contributed by atoms with Gasteiger partial charge < -0.3 is 10.4 Å². The smallest absolute Gasteiger partial charge is 0.233 e. The summed E-state index contributed by atoms with van der Waals surface area (Å²) in [6.45, 7) is 2.11. The highest BCUT2D eigenvalue weighted by molar-refractivity contribution is 7.14. The maximum atomic E-state index is 13.9. The maximum absolute atomic E-state index is 13.9. The molecule has 0 radical (unpaired) electrons. The molecule has 36 heavy (non-hydrogen) atoms. The number of fused-ring (bicyclic) bond motifs is 2. The van der Waals surface area contributed by atoms with E-state index in [1.54, 1.807) is 6.07 Å². The Hall–Kier alpha value is -3.96. The van der Waals surface area contributed by atoms with Crippen LogP contribution in [0.25, 0.3) is 22.0 Å². The molecule has 1 unspecified atom stereocenters. The molecular weight excluding hydrogens is 464 g/mol. The van der Waals surface area contributed by atoms with Gasteiger partial charge in [-0.2, -0.15) is 0 Å². The van der Waals surface area contributed by atoms with Gasteiger partial charge in [0.05, 0.1) is 11.1 Å². The normalized spacial score (nSPS) is 21.7. The predicted octanol–water partition coefficient (Wildman–Crippen LogP) is 7.29. The van der Waals surface area contributed by atoms with Crippen molar-refractivity contribution in [1.29, 1.82) is 0 Å². The summed E-state index contributed by atoms with van der Waals surface area (Å²) < 4.78 is 0. The number of hydrogen-bond donors (Lipinski definition) is 2. The van der Waals surface area contributed by atoms with Crippen molar-refractivity contribution in [3.63, 3.8) is 0 Å². The molecule has 2 bridgehead atoms. The first-order chi connectivity index (χ1) is 17.5. The Bertz CT molecular complexity index is 1630. The zero-order valence-electron chi connectivity index (χ0n) is 19.7. The van der Waals surface area contributed by atoms with Gasteiger partial charge in [-0.05, 0) is 53.1 Å². The van der Waals surface area contributed by atoms with E-state index in [0.717, 1.165) is 28.5 Å². The zero-order chi connectivity index (χ0) is 24.4. The van der Waals surface area contributed by atoms with Crippen molar-refractivity contribution in [2.45, 2.75) is 25.2 Å². The fraction of sp³-hybridized carbons (Fsp3) is 0.161. The average Bonchev–Trinajstić information content (AvgIpc) is 3.37. The van der Waals surface area contributed by atoms with Crippen molar-refractivity contribution in [3.8, 4) is 17.0 Å². The van der Waals surface area contributed by atoms with E-state index in [0.29, 0.717) is 5.13 Å². The van der Waals surface area contributed by atoms with Gasteiger partial charge in [0, 0.05) is 28.2 Å². The molecule has 1 aromatic heterocycles. The minimum absolute atomic E-state index is 0.00961. The predicted molar refractivity (Wildman–Crippen MR) is 145 cm³/mol. The SMILES string of the molecule is CC1(C(=O)Nc2nc(-c3ccc(O)c4ccccc34)cs2)CC2c3ccccc3C1c1ccccc12. The first kappa shape index (κ1) is 21.3. The monoisotopic (exact) mass is 488 g/mol. The summed E-state index contributed by atoms with van der Waals surface area (Å²) in [5.41, 5.74) is 6.37. The fourth-order valence-corrected chi connectivity index (χ4v) is 7.10. The lowest BCUT2D eigenvalue weighted by Crippen LogP contribution is -2.47. The number of phenolic OH excluding ortho intramolecular Hbond substituents is 1. The highest BCUT2D eigenvalue weighted by atomic mass is 32.1. The van der Waals surface area contributed by atoms with Crippen LogP contribution in [0.5, 0.6) is 5.75 Å². The van der Waals surface area contributed by atoms with Crippen molar-refractivity contribution < 1.29 is 9.90 Å². The number of benzene rings is 4. The summed E-state index contributed by atoms with van der Waals surface area (Å²) >= 11 is 1.43. The highest BCUT2D eigenvalue weighted by Crippen LogP contribution is 2.61. The van der Waals surface area contributed by atoms with Crippen molar-refractivity contribution in [1.82, 2.24) is 4.98 Å². The molecule has 0 saturated heterocycles. The molecule has 0 spiro atoms. The molecule has 5 heteroatoms. The number of rotatable bonds is 3. The van der Waals surface area contributed by atoms with Gasteiger partial charge in [0.2, 0.25) is 5.91 Å². The molecule has 8 rings (SSSR count). The molecule has 3 aliphatic rings. The molecule has 1 atom stereocenters. The minimum Gasteiger partial charge on any atom is -0.507 e. The van der Waals surface area contributed by atoms with Crippen LogP contribution in [0.2, 0.25) is 0 Å². The summed E-state index contributed by atoms with van der Waals surface area (Å²) in [4.78, 5) is 18.7. The summed E-state index contributed by atoms with van der Waals surface area (Å²) in [7, 11) is 0. The van der Waals surface area contributed by atoms with Gasteiger partial charge in [-0.15, -0.1) is 11.3 Å². The van der Waals surface area contributed by atoms with E-state index in [1.165, 1.54) is 33.6 Å². The van der Waals surface area contributed by atoms with Gasteiger partial charge in [0.1, 0.15) is 5.75 Å². The second kappa shape index (κ2) is 7.77. The van der Waals surface area contributed by atoms with Gasteiger partial charge in [-0.3, -0.25) is 4.79 Å². The number of nitrogens with one attached hydrogen (secondary N) is 1. The van der Waals surface area contributed by atoms with Crippen LogP contribution >= 0.6 is 11.3 Å².